The third kappa shape index (κ3) is 12.3. The van der Waals surface area contributed by atoms with E-state index in [1.807, 2.05) is 0 Å². The molecule has 1 saturated heterocycles. The maximum atomic E-state index is 13.0. The van der Waals surface area contributed by atoms with Gasteiger partial charge in [-0.2, -0.15) is 0 Å². The van der Waals surface area contributed by atoms with Crippen LogP contribution in [0.3, 0.4) is 0 Å². The van der Waals surface area contributed by atoms with Crippen LogP contribution in [0.15, 0.2) is 0 Å². The molecule has 6 N–H and O–H groups in total. The van der Waals surface area contributed by atoms with Crippen LogP contribution in [0.25, 0.3) is 0 Å². The fourth-order valence-corrected chi connectivity index (χ4v) is 3.30. The Morgan fingerprint density at radius 1 is 0.912 bits per heavy atom. The van der Waals surface area contributed by atoms with Gasteiger partial charge in [0.05, 0.1) is 45.6 Å². The zero-order valence-electron chi connectivity index (χ0n) is 20.5. The molecule has 0 aromatic heterocycles. The Labute approximate surface area is 201 Å². The number of unbranched alkanes of at least 4 members (excludes halogenated alkanes) is 1. The standard InChI is InChI=1S/C22H41N5O7/c1-15(2)20-22(31)25-16(14-34-11-10-33-9-8-32-3)12-18(28)24-13-19(29)26-17(21(30)27-20)6-4-5-7-23/h15-17,20H,4-14,23H2,1-3H3,(H,24,28)(H,25,31)(H,26,29)(H,27,30)/t16-,17-,20-/m0/s1. The van der Waals surface area contributed by atoms with Gasteiger partial charge < -0.3 is 41.2 Å². The van der Waals surface area contributed by atoms with Crippen molar-refractivity contribution in [3.05, 3.63) is 0 Å². The number of amides is 4. The minimum Gasteiger partial charge on any atom is -0.382 e. The van der Waals surface area contributed by atoms with Gasteiger partial charge in [0, 0.05) is 13.5 Å². The molecular formula is C22H41N5O7. The zero-order valence-corrected chi connectivity index (χ0v) is 20.5. The topological polar surface area (TPSA) is 170 Å². The van der Waals surface area contributed by atoms with Crippen molar-refractivity contribution in [1.82, 2.24) is 21.3 Å². The van der Waals surface area contributed by atoms with Gasteiger partial charge in [-0.3, -0.25) is 19.2 Å². The lowest BCUT2D eigenvalue weighted by atomic mass is 10.0. The Balaban J connectivity index is 2.86. The molecule has 0 spiro atoms. The highest BCUT2D eigenvalue weighted by atomic mass is 16.5. The van der Waals surface area contributed by atoms with E-state index >= 15 is 0 Å². The SMILES string of the molecule is COCCOCCOC[C@@H]1CC(=O)NCC(=O)N[C@@H](CCCCN)C(=O)N[C@@H](C(C)C)C(=O)N1. The van der Waals surface area contributed by atoms with Gasteiger partial charge in [-0.1, -0.05) is 13.8 Å². The minimum atomic E-state index is -0.842. The lowest BCUT2D eigenvalue weighted by Gasteiger charge is -2.27. The van der Waals surface area contributed by atoms with Crippen molar-refractivity contribution >= 4 is 23.6 Å². The van der Waals surface area contributed by atoms with Crippen LogP contribution >= 0.6 is 0 Å². The number of rotatable bonds is 13. The molecule has 1 heterocycles. The van der Waals surface area contributed by atoms with Crippen LogP contribution in [0.5, 0.6) is 0 Å². The van der Waals surface area contributed by atoms with E-state index in [0.717, 1.165) is 0 Å². The number of nitrogens with two attached hydrogens (primary N) is 1. The normalized spacial score (nSPS) is 22.7. The first kappa shape index (κ1) is 29.8. The molecule has 34 heavy (non-hydrogen) atoms. The Bertz CT molecular complexity index is 647. The molecule has 4 amide bonds. The van der Waals surface area contributed by atoms with Crippen molar-refractivity contribution in [2.24, 2.45) is 11.7 Å². The smallest absolute Gasteiger partial charge is 0.243 e. The van der Waals surface area contributed by atoms with Gasteiger partial charge in [0.15, 0.2) is 0 Å². The quantitative estimate of drug-likeness (QED) is 0.194. The van der Waals surface area contributed by atoms with Gasteiger partial charge in [-0.25, -0.2) is 0 Å². The molecule has 0 aromatic carbocycles. The van der Waals surface area contributed by atoms with Crippen molar-refractivity contribution in [2.45, 2.75) is 57.7 Å². The highest BCUT2D eigenvalue weighted by Gasteiger charge is 2.31. The van der Waals surface area contributed by atoms with Crippen LogP contribution in [0.2, 0.25) is 0 Å². The summed E-state index contributed by atoms with van der Waals surface area (Å²) < 4.78 is 15.8. The summed E-state index contributed by atoms with van der Waals surface area (Å²) in [5.74, 6) is -2.00. The van der Waals surface area contributed by atoms with Crippen molar-refractivity contribution in [2.75, 3.05) is 53.2 Å². The van der Waals surface area contributed by atoms with E-state index in [-0.39, 0.29) is 32.1 Å². The van der Waals surface area contributed by atoms with Gasteiger partial charge in [0.2, 0.25) is 23.6 Å². The van der Waals surface area contributed by atoms with Gasteiger partial charge in [-0.05, 0) is 31.7 Å². The number of hydrogen-bond acceptors (Lipinski definition) is 8. The second kappa shape index (κ2) is 17.2. The second-order valence-electron chi connectivity index (χ2n) is 8.50. The van der Waals surface area contributed by atoms with Crippen LogP contribution in [-0.2, 0) is 33.4 Å². The van der Waals surface area contributed by atoms with Crippen molar-refractivity contribution in [1.29, 1.82) is 0 Å². The first-order valence-corrected chi connectivity index (χ1v) is 11.8. The molecule has 0 aliphatic carbocycles. The summed E-state index contributed by atoms with van der Waals surface area (Å²) in [4.78, 5) is 50.6. The Morgan fingerprint density at radius 3 is 2.29 bits per heavy atom. The van der Waals surface area contributed by atoms with E-state index in [2.05, 4.69) is 21.3 Å². The molecule has 1 fully saturated rings. The molecule has 1 aliphatic heterocycles. The maximum absolute atomic E-state index is 13.0. The van der Waals surface area contributed by atoms with E-state index in [0.29, 0.717) is 45.6 Å². The molecule has 0 bridgehead atoms. The predicted octanol–water partition coefficient (Wildman–Crippen LogP) is -1.57. The highest BCUT2D eigenvalue weighted by molar-refractivity contribution is 5.94. The molecule has 0 saturated carbocycles. The summed E-state index contributed by atoms with van der Waals surface area (Å²) in [6.07, 6.45) is 1.62. The number of methoxy groups -OCH3 is 1. The van der Waals surface area contributed by atoms with Crippen molar-refractivity contribution < 1.29 is 33.4 Å². The number of carbonyl (C=O) groups is 4. The monoisotopic (exact) mass is 487 g/mol. The van der Waals surface area contributed by atoms with Crippen LogP contribution < -0.4 is 27.0 Å². The number of hydrogen-bond donors (Lipinski definition) is 5. The summed E-state index contributed by atoms with van der Waals surface area (Å²) in [5.41, 5.74) is 5.53. The summed E-state index contributed by atoms with van der Waals surface area (Å²) in [7, 11) is 1.58. The van der Waals surface area contributed by atoms with Crippen LogP contribution in [0, 0.1) is 5.92 Å². The van der Waals surface area contributed by atoms with Crippen LogP contribution in [0.1, 0.15) is 39.5 Å². The van der Waals surface area contributed by atoms with Gasteiger partial charge >= 0.3 is 0 Å². The van der Waals surface area contributed by atoms with E-state index in [4.69, 9.17) is 19.9 Å². The molecule has 1 aliphatic rings. The second-order valence-corrected chi connectivity index (χ2v) is 8.50. The minimum absolute atomic E-state index is 0.0689. The van der Waals surface area contributed by atoms with Gasteiger partial charge in [0.25, 0.3) is 0 Å². The molecule has 1 rings (SSSR count). The van der Waals surface area contributed by atoms with E-state index < -0.39 is 41.8 Å². The first-order valence-electron chi connectivity index (χ1n) is 11.8. The molecule has 12 nitrogen and oxygen atoms in total. The van der Waals surface area contributed by atoms with E-state index in [9.17, 15) is 19.2 Å². The molecule has 196 valence electrons. The number of nitrogens with one attached hydrogen (secondary N) is 4. The van der Waals surface area contributed by atoms with Crippen LogP contribution in [0.4, 0.5) is 0 Å². The summed E-state index contributed by atoms with van der Waals surface area (Å²) in [6.45, 7) is 5.40. The third-order valence-electron chi connectivity index (χ3n) is 5.19. The van der Waals surface area contributed by atoms with Crippen molar-refractivity contribution in [3.63, 3.8) is 0 Å². The lowest BCUT2D eigenvalue weighted by Crippen LogP contribution is -2.57. The van der Waals surface area contributed by atoms with Crippen LogP contribution in [-0.4, -0.2) is 95.0 Å². The Hall–Kier alpha value is -2.28. The fourth-order valence-electron chi connectivity index (χ4n) is 3.30. The van der Waals surface area contributed by atoms with Gasteiger partial charge in [0.1, 0.15) is 12.1 Å². The molecule has 0 radical (unpaired) electrons. The highest BCUT2D eigenvalue weighted by Crippen LogP contribution is 2.08. The van der Waals surface area contributed by atoms with E-state index in [1.54, 1.807) is 21.0 Å². The molecule has 12 heteroatoms. The molecule has 0 aromatic rings. The molecule has 3 atom stereocenters. The average Bonchev–Trinajstić information content (AvgIpc) is 2.79. The molecule has 0 unspecified atom stereocenters. The van der Waals surface area contributed by atoms with Gasteiger partial charge in [-0.15, -0.1) is 0 Å². The zero-order chi connectivity index (χ0) is 25.3. The summed E-state index contributed by atoms with van der Waals surface area (Å²) in [6, 6.07) is -2.32. The summed E-state index contributed by atoms with van der Waals surface area (Å²) >= 11 is 0. The largest absolute Gasteiger partial charge is 0.382 e. The molecular weight excluding hydrogens is 446 g/mol. The van der Waals surface area contributed by atoms with E-state index in [1.165, 1.54) is 0 Å². The predicted molar refractivity (Wildman–Crippen MR) is 125 cm³/mol. The fraction of sp³-hybridized carbons (Fsp3) is 0.818. The third-order valence-corrected chi connectivity index (χ3v) is 5.19. The number of ether oxygens (including phenoxy) is 3. The first-order chi connectivity index (χ1) is 16.3. The maximum Gasteiger partial charge on any atom is 0.243 e. The Kier molecular flexibility index (Phi) is 15.0. The Morgan fingerprint density at radius 2 is 1.62 bits per heavy atom. The summed E-state index contributed by atoms with van der Waals surface area (Å²) in [5, 5.41) is 10.7. The van der Waals surface area contributed by atoms with Crippen molar-refractivity contribution in [3.8, 4) is 0 Å². The lowest BCUT2D eigenvalue weighted by molar-refractivity contribution is -0.133. The average molecular weight is 488 g/mol. The number of carbonyl (C=O) groups excluding carboxylic acids is 4.